The number of nitrogens with one attached hydrogen (secondary N) is 2. The van der Waals surface area contributed by atoms with Gasteiger partial charge in [0.2, 0.25) is 15.9 Å². The van der Waals surface area contributed by atoms with Crippen LogP contribution >= 0.6 is 0 Å². The van der Waals surface area contributed by atoms with Crippen LogP contribution in [0.5, 0.6) is 5.75 Å². The average molecular weight is 403 g/mol. The third-order valence-electron chi connectivity index (χ3n) is 4.26. The van der Waals surface area contributed by atoms with E-state index >= 15 is 0 Å². The second kappa shape index (κ2) is 7.89. The summed E-state index contributed by atoms with van der Waals surface area (Å²) in [5.41, 5.74) is 1.68. The number of sulfonamides is 1. The largest absolute Gasteiger partial charge is 0.495 e. The molecule has 2 aromatic rings. The third kappa shape index (κ3) is 4.25. The molecular formula is C19H21N3O5S. The number of hydrogen-bond donors (Lipinski definition) is 2. The highest BCUT2D eigenvalue weighted by molar-refractivity contribution is 7.93. The van der Waals surface area contributed by atoms with Gasteiger partial charge in [-0.15, -0.1) is 0 Å². The van der Waals surface area contributed by atoms with Gasteiger partial charge in [-0.3, -0.25) is 13.9 Å². The average Bonchev–Trinajstić information content (AvgIpc) is 3.00. The number of anilines is 3. The first-order chi connectivity index (χ1) is 13.3. The molecule has 2 aromatic carbocycles. The predicted molar refractivity (Wildman–Crippen MR) is 107 cm³/mol. The number of benzene rings is 2. The summed E-state index contributed by atoms with van der Waals surface area (Å²) < 4.78 is 30.8. The lowest BCUT2D eigenvalue weighted by Crippen LogP contribution is -2.25. The molecule has 0 aromatic heterocycles. The first-order valence-electron chi connectivity index (χ1n) is 8.67. The van der Waals surface area contributed by atoms with E-state index in [0.717, 1.165) is 0 Å². The summed E-state index contributed by atoms with van der Waals surface area (Å²) in [5, 5.41) is 5.39. The van der Waals surface area contributed by atoms with E-state index in [0.29, 0.717) is 41.3 Å². The third-order valence-corrected chi connectivity index (χ3v) is 6.13. The minimum atomic E-state index is -3.33. The molecule has 0 radical (unpaired) electrons. The minimum Gasteiger partial charge on any atom is -0.495 e. The first-order valence-corrected chi connectivity index (χ1v) is 10.3. The van der Waals surface area contributed by atoms with Crippen LogP contribution in [0.15, 0.2) is 42.5 Å². The molecule has 1 aliphatic heterocycles. The van der Waals surface area contributed by atoms with Gasteiger partial charge >= 0.3 is 0 Å². The molecular weight excluding hydrogens is 382 g/mol. The van der Waals surface area contributed by atoms with Crippen LogP contribution in [0.4, 0.5) is 17.1 Å². The lowest BCUT2D eigenvalue weighted by atomic mass is 10.1. The number of amides is 2. The van der Waals surface area contributed by atoms with Crippen LogP contribution in [0, 0.1) is 0 Å². The van der Waals surface area contributed by atoms with Crippen molar-refractivity contribution in [1.82, 2.24) is 0 Å². The molecule has 0 spiro atoms. The van der Waals surface area contributed by atoms with E-state index in [1.54, 1.807) is 42.5 Å². The highest BCUT2D eigenvalue weighted by atomic mass is 32.2. The van der Waals surface area contributed by atoms with Crippen molar-refractivity contribution in [2.75, 3.05) is 34.3 Å². The zero-order valence-corrected chi connectivity index (χ0v) is 16.4. The van der Waals surface area contributed by atoms with Crippen molar-refractivity contribution in [3.8, 4) is 5.75 Å². The Kier molecular flexibility index (Phi) is 5.55. The van der Waals surface area contributed by atoms with Crippen LogP contribution in [0.25, 0.3) is 0 Å². The van der Waals surface area contributed by atoms with E-state index in [1.807, 2.05) is 0 Å². The van der Waals surface area contributed by atoms with Crippen LogP contribution in [0.2, 0.25) is 0 Å². The van der Waals surface area contributed by atoms with E-state index in [9.17, 15) is 18.0 Å². The fourth-order valence-electron chi connectivity index (χ4n) is 3.01. The highest BCUT2D eigenvalue weighted by Gasteiger charge is 2.28. The Bertz CT molecular complexity index is 1020. The molecule has 2 amide bonds. The van der Waals surface area contributed by atoms with Gasteiger partial charge in [-0.2, -0.15) is 0 Å². The van der Waals surface area contributed by atoms with E-state index in [4.69, 9.17) is 4.74 Å². The zero-order chi connectivity index (χ0) is 20.3. The smallest absolute Gasteiger partial charge is 0.255 e. The van der Waals surface area contributed by atoms with Crippen molar-refractivity contribution in [3.05, 3.63) is 48.0 Å². The molecule has 148 valence electrons. The van der Waals surface area contributed by atoms with Crippen molar-refractivity contribution in [2.24, 2.45) is 0 Å². The van der Waals surface area contributed by atoms with Crippen molar-refractivity contribution >= 4 is 38.9 Å². The first kappa shape index (κ1) is 19.7. The standard InChI is InChI=1S/C19H21N3O5S/c1-13(23)20-15-7-8-18(27-2)17(12-15)21-19(24)14-5-3-6-16(11-14)22-9-4-10-28(22,25)26/h3,5-8,11-12H,4,9-10H2,1-2H3,(H,20,23)(H,21,24). The Hall–Kier alpha value is -3.07. The van der Waals surface area contributed by atoms with E-state index in [2.05, 4.69) is 10.6 Å². The quantitative estimate of drug-likeness (QED) is 0.798. The van der Waals surface area contributed by atoms with Crippen LogP contribution in [-0.4, -0.2) is 39.6 Å². The molecule has 0 unspecified atom stereocenters. The van der Waals surface area contributed by atoms with Crippen molar-refractivity contribution < 1.29 is 22.7 Å². The van der Waals surface area contributed by atoms with Gasteiger partial charge in [0.15, 0.2) is 0 Å². The van der Waals surface area contributed by atoms with E-state index in [1.165, 1.54) is 18.3 Å². The normalized spacial score (nSPS) is 15.1. The number of carbonyl (C=O) groups is 2. The van der Waals surface area contributed by atoms with Gasteiger partial charge in [-0.1, -0.05) is 6.07 Å². The van der Waals surface area contributed by atoms with Gasteiger partial charge in [0, 0.05) is 24.7 Å². The summed E-state index contributed by atoms with van der Waals surface area (Å²) in [5.74, 6) is -0.115. The highest BCUT2D eigenvalue weighted by Crippen LogP contribution is 2.29. The number of rotatable bonds is 5. The van der Waals surface area contributed by atoms with E-state index in [-0.39, 0.29) is 11.7 Å². The number of ether oxygens (including phenoxy) is 1. The Morgan fingerprint density at radius 3 is 2.54 bits per heavy atom. The second-order valence-corrected chi connectivity index (χ2v) is 8.36. The maximum Gasteiger partial charge on any atom is 0.255 e. The van der Waals surface area contributed by atoms with Crippen molar-refractivity contribution in [3.63, 3.8) is 0 Å². The van der Waals surface area contributed by atoms with Gasteiger partial charge in [-0.25, -0.2) is 8.42 Å². The molecule has 2 N–H and O–H groups in total. The predicted octanol–water partition coefficient (Wildman–Crippen LogP) is 2.45. The van der Waals surface area contributed by atoms with Gasteiger partial charge < -0.3 is 15.4 Å². The van der Waals surface area contributed by atoms with Crippen LogP contribution in [0.3, 0.4) is 0 Å². The van der Waals surface area contributed by atoms with Gasteiger partial charge in [0.1, 0.15) is 5.75 Å². The molecule has 0 bridgehead atoms. The summed E-state index contributed by atoms with van der Waals surface area (Å²) in [4.78, 5) is 24.0. The van der Waals surface area contributed by atoms with Crippen LogP contribution in [0.1, 0.15) is 23.7 Å². The summed E-state index contributed by atoms with van der Waals surface area (Å²) >= 11 is 0. The Morgan fingerprint density at radius 2 is 1.89 bits per heavy atom. The number of carbonyl (C=O) groups excluding carboxylic acids is 2. The zero-order valence-electron chi connectivity index (χ0n) is 15.6. The number of nitrogens with zero attached hydrogens (tertiary/aromatic N) is 1. The Morgan fingerprint density at radius 1 is 1.11 bits per heavy atom. The SMILES string of the molecule is COc1ccc(NC(C)=O)cc1NC(=O)c1cccc(N2CCCS2(=O)=O)c1. The number of hydrogen-bond acceptors (Lipinski definition) is 5. The minimum absolute atomic E-state index is 0.108. The summed E-state index contributed by atoms with van der Waals surface area (Å²) in [7, 11) is -1.85. The number of methoxy groups -OCH3 is 1. The second-order valence-electron chi connectivity index (χ2n) is 6.34. The van der Waals surface area contributed by atoms with Crippen molar-refractivity contribution in [1.29, 1.82) is 0 Å². The molecule has 1 fully saturated rings. The molecule has 0 atom stereocenters. The molecule has 1 saturated heterocycles. The lowest BCUT2D eigenvalue weighted by Gasteiger charge is -2.18. The van der Waals surface area contributed by atoms with Gasteiger partial charge in [0.05, 0.1) is 24.2 Å². The van der Waals surface area contributed by atoms with Crippen LogP contribution in [-0.2, 0) is 14.8 Å². The van der Waals surface area contributed by atoms with Gasteiger partial charge in [-0.05, 0) is 42.8 Å². The fraction of sp³-hybridized carbons (Fsp3) is 0.263. The summed E-state index contributed by atoms with van der Waals surface area (Å²) in [6.07, 6.45) is 0.561. The fourth-order valence-corrected chi connectivity index (χ4v) is 4.57. The molecule has 0 aliphatic carbocycles. The monoisotopic (exact) mass is 403 g/mol. The molecule has 1 aliphatic rings. The maximum atomic E-state index is 12.7. The molecule has 0 saturated carbocycles. The topological polar surface area (TPSA) is 105 Å². The van der Waals surface area contributed by atoms with E-state index < -0.39 is 15.9 Å². The Balaban J connectivity index is 1.85. The molecule has 3 rings (SSSR count). The van der Waals surface area contributed by atoms with Crippen LogP contribution < -0.4 is 19.7 Å². The van der Waals surface area contributed by atoms with Gasteiger partial charge in [0.25, 0.3) is 5.91 Å². The lowest BCUT2D eigenvalue weighted by molar-refractivity contribution is -0.114. The Labute approximate surface area is 163 Å². The molecule has 1 heterocycles. The maximum absolute atomic E-state index is 12.7. The molecule has 8 nitrogen and oxygen atoms in total. The van der Waals surface area contributed by atoms with Crippen molar-refractivity contribution in [2.45, 2.75) is 13.3 Å². The summed E-state index contributed by atoms with van der Waals surface area (Å²) in [6.45, 7) is 1.79. The molecule has 28 heavy (non-hydrogen) atoms. The summed E-state index contributed by atoms with van der Waals surface area (Å²) in [6, 6.07) is 11.3. The molecule has 9 heteroatoms.